The van der Waals surface area contributed by atoms with Gasteiger partial charge in [-0.05, 0) is 66.7 Å². The van der Waals surface area contributed by atoms with Crippen molar-refractivity contribution in [3.8, 4) is 86.2 Å². The third kappa shape index (κ3) is 16.9. The number of hydrogen-bond acceptors (Lipinski definition) is 26. The van der Waals surface area contributed by atoms with Gasteiger partial charge in [-0.3, -0.25) is 0 Å². The molecule has 14 aromatic rings. The van der Waals surface area contributed by atoms with Crippen LogP contribution >= 0.6 is 0 Å². The van der Waals surface area contributed by atoms with E-state index in [1.807, 2.05) is 249 Å². The van der Waals surface area contributed by atoms with Gasteiger partial charge in [0.05, 0.1) is 27.8 Å². The smallest absolute Gasteiger partial charge is 0.340 e. The van der Waals surface area contributed by atoms with E-state index in [2.05, 4.69) is 26.3 Å². The third-order valence-electron chi connectivity index (χ3n) is 24.2. The first-order chi connectivity index (χ1) is 69.1. The summed E-state index contributed by atoms with van der Waals surface area (Å²) in [5.41, 5.74) is 3.34. The zero-order chi connectivity index (χ0) is 96.2. The van der Waals surface area contributed by atoms with Crippen LogP contribution in [0.2, 0.25) is 0 Å². The highest BCUT2D eigenvalue weighted by atomic mass is 16.8. The number of hydrogen-bond donors (Lipinski definition) is 0. The van der Waals surface area contributed by atoms with E-state index in [9.17, 15) is 0 Å². The van der Waals surface area contributed by atoms with Crippen molar-refractivity contribution in [2.24, 2.45) is 0 Å². The molecule has 141 heavy (non-hydrogen) atoms. The summed E-state index contributed by atoms with van der Waals surface area (Å²) in [7, 11) is 0. The Hall–Kier alpha value is -17.9. The summed E-state index contributed by atoms with van der Waals surface area (Å²) >= 11 is 0. The Morgan fingerprint density at radius 2 is 0.624 bits per heavy atom. The number of carbonyl (C=O) groups is 5. The van der Waals surface area contributed by atoms with Gasteiger partial charge in [0.2, 0.25) is 41.1 Å². The van der Waals surface area contributed by atoms with Crippen molar-refractivity contribution in [2.75, 3.05) is 39.6 Å². The van der Waals surface area contributed by atoms with Crippen LogP contribution in [0.1, 0.15) is 102 Å². The molecule has 0 aliphatic carbocycles. The van der Waals surface area contributed by atoms with Crippen molar-refractivity contribution in [1.82, 2.24) is 0 Å². The molecular formula is C115H86O26. The van der Waals surface area contributed by atoms with Gasteiger partial charge >= 0.3 is 53.0 Å². The summed E-state index contributed by atoms with van der Waals surface area (Å²) in [6.45, 7) is 13.8. The van der Waals surface area contributed by atoms with Crippen molar-refractivity contribution in [3.05, 3.63) is 474 Å². The van der Waals surface area contributed by atoms with Gasteiger partial charge in [0.25, 0.3) is 5.79 Å². The molecule has 26 heteroatoms. The first kappa shape index (κ1) is 89.6. The predicted octanol–water partition coefficient (Wildman–Crippen LogP) is 20.6. The summed E-state index contributed by atoms with van der Waals surface area (Å²) in [4.78, 5) is 82.3. The van der Waals surface area contributed by atoms with Crippen molar-refractivity contribution in [3.63, 3.8) is 0 Å². The molecule has 1 fully saturated rings. The van der Waals surface area contributed by atoms with E-state index in [4.69, 9.17) is 99.5 Å². The molecule has 1 unspecified atom stereocenters. The molecule has 26 nitrogen and oxygen atoms in total. The Morgan fingerprint density at radius 3 is 1.00 bits per heavy atom. The molecule has 14 aromatic carbocycles. The first-order valence-corrected chi connectivity index (χ1v) is 45.3. The SMILES string of the molecule is C=CCOc1cc2cc3c1OC(c1ccccc1)(/C=C\COc1cc(cc4c1OC(c1ccccc1)(c1ccccc1)O4)C(=O)O[C@H]1[C@@H](OC2=O)O[C@H](COC(=O)c2cc(OCC=C)c4c(c2)OC(c2ccccc2)(c2ccccc2)O4)[C@@H](OC(=O)c2cc(OCC=C)c4c(c2)OC(c2ccccc2)(c2ccccc2)O4)[C@@H]1OC(=O)c1cc(OCC=C)c2c(c1)OC(c1ccccc1)(c1ccccc1)O2)O3. The second kappa shape index (κ2) is 38.0. The summed E-state index contributed by atoms with van der Waals surface area (Å²) < 4.78 is 144. The van der Waals surface area contributed by atoms with Crippen LogP contribution in [0.25, 0.3) is 0 Å². The quantitative estimate of drug-likeness (QED) is 0.0250. The second-order valence-corrected chi connectivity index (χ2v) is 33.2. The minimum atomic E-state index is -2.39. The summed E-state index contributed by atoms with van der Waals surface area (Å²) in [6, 6.07) is 95.2. The van der Waals surface area contributed by atoms with Crippen LogP contribution in [-0.2, 0) is 57.4 Å². The average molecular weight is 1880 g/mol. The Kier molecular flexibility index (Phi) is 24.1. The largest absolute Gasteiger partial charge is 0.485 e. The normalized spacial score (nSPS) is 19.1. The molecule has 21 rings (SSSR count). The van der Waals surface area contributed by atoms with Gasteiger partial charge < -0.3 is 99.5 Å². The zero-order valence-corrected chi connectivity index (χ0v) is 75.3. The standard InChI is InChI=1S/C115H86O26/c1-5-56-121-86-65-76-67-91-97(86)137-111(132-91,77-37-18-9-19-38-77)55-36-60-125-90-64-75(70-95-101(90)141-115(136-95,84-51-32-16-33-52-84)85-53-34-17-35-54-85)108(119)130-104-103(129-107(118)74-63-89(124-59-8-4)100-94(69-74)135-114(140-100,82-47-28-14-29-48-82)83-49-30-15-31-50-83)102(128-106(117)73-62-88(123-58-7-3)99-93(68-73)134-113(139-99,80-43-24-12-25-44-80)81-45-26-13-27-46-81)96(127-110(104)131-109(76)120)71-126-105(116)72-61-87(122-57-6-2)98-92(66-72)133-112(138-98,78-39-20-10-21-40-78)79-41-22-11-23-42-79/h5-55,61-70,96,102-104,110H,1-4,56-60,71H2/b55-36-/t96-,102-,103+,104-,110-,111?/m1/s1. The van der Waals surface area contributed by atoms with E-state index in [0.29, 0.717) is 50.1 Å². The molecule has 702 valence electrons. The molecule has 7 heterocycles. The maximum Gasteiger partial charge on any atom is 0.340 e. The van der Waals surface area contributed by atoms with E-state index in [-0.39, 0.29) is 147 Å². The number of fused-ring (bicyclic) bond motifs is 10. The number of rotatable bonds is 28. The van der Waals surface area contributed by atoms with Crippen LogP contribution < -0.4 is 71.1 Å². The second-order valence-electron chi connectivity index (χ2n) is 33.2. The minimum absolute atomic E-state index is 0.0172. The fourth-order valence-corrected chi connectivity index (χ4v) is 17.8. The van der Waals surface area contributed by atoms with Crippen molar-refractivity contribution < 1.29 is 123 Å². The van der Waals surface area contributed by atoms with Crippen molar-refractivity contribution >= 4 is 29.8 Å². The van der Waals surface area contributed by atoms with Gasteiger partial charge in [-0.25, -0.2) is 24.0 Å². The molecule has 0 N–H and O–H groups in total. The number of benzene rings is 14. The van der Waals surface area contributed by atoms with E-state index < -0.39 is 96.1 Å². The van der Waals surface area contributed by atoms with E-state index in [1.165, 1.54) is 85.0 Å². The lowest BCUT2D eigenvalue weighted by Gasteiger charge is -2.43. The lowest BCUT2D eigenvalue weighted by atomic mass is 9.97. The molecule has 1 saturated heterocycles. The molecule has 5 bridgehead atoms. The third-order valence-corrected chi connectivity index (χ3v) is 24.2. The van der Waals surface area contributed by atoms with Crippen molar-refractivity contribution in [2.45, 2.75) is 59.6 Å². The molecule has 7 aliphatic rings. The first-order valence-electron chi connectivity index (χ1n) is 45.3. The van der Waals surface area contributed by atoms with E-state index in [1.54, 1.807) is 36.4 Å². The highest BCUT2D eigenvalue weighted by Crippen LogP contribution is 2.59. The Labute approximate surface area is 808 Å². The molecule has 0 amide bonds. The monoisotopic (exact) mass is 1880 g/mol. The Balaban J connectivity index is 0.754. The summed E-state index contributed by atoms with van der Waals surface area (Å²) in [5, 5.41) is 0. The highest BCUT2D eigenvalue weighted by molar-refractivity contribution is 5.95. The fraction of sp³-hybridized carbons (Fsp3) is 0.139. The van der Waals surface area contributed by atoms with Gasteiger partial charge in [0.15, 0.2) is 69.7 Å². The maximum atomic E-state index is 16.8. The molecular weight excluding hydrogens is 1800 g/mol. The highest BCUT2D eigenvalue weighted by Gasteiger charge is 2.58. The molecule has 0 radical (unpaired) electrons. The topological polar surface area (TPSA) is 279 Å². The lowest BCUT2D eigenvalue weighted by Crippen LogP contribution is -2.63. The number of carbonyl (C=O) groups excluding carboxylic acids is 5. The van der Waals surface area contributed by atoms with Gasteiger partial charge in [0.1, 0.15) is 45.7 Å². The molecule has 0 aromatic heterocycles. The Bertz CT molecular complexity index is 7000. The fourth-order valence-electron chi connectivity index (χ4n) is 17.8. The summed E-state index contributed by atoms with van der Waals surface area (Å²) in [6.07, 6.45) is -2.20. The summed E-state index contributed by atoms with van der Waals surface area (Å²) in [5.74, 6) is -14.9. The van der Waals surface area contributed by atoms with E-state index in [0.717, 1.165) is 0 Å². The molecule has 7 aliphatic heterocycles. The molecule has 0 spiro atoms. The van der Waals surface area contributed by atoms with Crippen molar-refractivity contribution in [1.29, 1.82) is 0 Å². The van der Waals surface area contributed by atoms with Gasteiger partial charge in [-0.2, -0.15) is 0 Å². The molecule has 0 saturated carbocycles. The number of esters is 5. The maximum absolute atomic E-state index is 16.8. The predicted molar refractivity (Wildman–Crippen MR) is 511 cm³/mol. The van der Waals surface area contributed by atoms with E-state index >= 15 is 24.0 Å². The van der Waals surface area contributed by atoms with Crippen LogP contribution in [0, 0.1) is 0 Å². The van der Waals surface area contributed by atoms with Crippen LogP contribution in [0.4, 0.5) is 0 Å². The number of ether oxygens (including phenoxy) is 21. The van der Waals surface area contributed by atoms with Crippen LogP contribution in [0.5, 0.6) is 86.2 Å². The lowest BCUT2D eigenvalue weighted by molar-refractivity contribution is -0.282. The van der Waals surface area contributed by atoms with Crippen LogP contribution in [0.3, 0.4) is 0 Å². The van der Waals surface area contributed by atoms with Crippen LogP contribution in [0.15, 0.2) is 396 Å². The Morgan fingerprint density at radius 1 is 0.319 bits per heavy atom. The zero-order valence-electron chi connectivity index (χ0n) is 75.3. The minimum Gasteiger partial charge on any atom is -0.485 e. The van der Waals surface area contributed by atoms with Gasteiger partial charge in [0, 0.05) is 56.1 Å². The van der Waals surface area contributed by atoms with Crippen LogP contribution in [-0.4, -0.2) is 100 Å². The van der Waals surface area contributed by atoms with Gasteiger partial charge in [-0.1, -0.05) is 324 Å². The average Bonchev–Trinajstić information content (AvgIpc) is 1.58. The van der Waals surface area contributed by atoms with Gasteiger partial charge in [-0.15, -0.1) is 0 Å². The molecule has 6 atom stereocenters.